The smallest absolute Gasteiger partial charge is 0.197 e. The molecule has 1 aliphatic carbocycles. The zero-order valence-electron chi connectivity index (χ0n) is 11.4. The van der Waals surface area contributed by atoms with Gasteiger partial charge in [0.05, 0.1) is 11.4 Å². The van der Waals surface area contributed by atoms with Gasteiger partial charge in [-0.25, -0.2) is 4.98 Å². The van der Waals surface area contributed by atoms with Crippen molar-refractivity contribution in [1.29, 1.82) is 10.7 Å². The number of benzene rings is 1. The van der Waals surface area contributed by atoms with Crippen LogP contribution in [0.2, 0.25) is 0 Å². The van der Waals surface area contributed by atoms with Crippen LogP contribution < -0.4 is 5.49 Å². The summed E-state index contributed by atoms with van der Waals surface area (Å²) in [5, 5.41) is 26.8. The number of hydrogen-bond acceptors (Lipinski definition) is 4. The highest BCUT2D eigenvalue weighted by Crippen LogP contribution is 2.30. The van der Waals surface area contributed by atoms with Gasteiger partial charge >= 0.3 is 0 Å². The van der Waals surface area contributed by atoms with E-state index in [0.717, 1.165) is 28.7 Å². The van der Waals surface area contributed by atoms with Crippen molar-refractivity contribution in [3.8, 4) is 6.07 Å². The number of fused-ring (bicyclic) bond motifs is 1. The quantitative estimate of drug-likeness (QED) is 0.785. The van der Waals surface area contributed by atoms with Gasteiger partial charge in [0.25, 0.3) is 0 Å². The third-order valence-corrected chi connectivity index (χ3v) is 3.60. The van der Waals surface area contributed by atoms with Gasteiger partial charge in [0.15, 0.2) is 11.2 Å². The Balaban J connectivity index is 2.19. The van der Waals surface area contributed by atoms with E-state index in [4.69, 9.17) is 10.7 Å². The molecule has 21 heavy (non-hydrogen) atoms. The molecule has 2 N–H and O–H groups in total. The lowest BCUT2D eigenvalue weighted by molar-refractivity contribution is 0.157. The fraction of sp³-hybridized carbons (Fsp3) is 0.188. The molecule has 0 aliphatic heterocycles. The van der Waals surface area contributed by atoms with Crippen LogP contribution in [-0.4, -0.2) is 14.9 Å². The molecule has 0 radical (unpaired) electrons. The standard InChI is InChI=1S/C16H14N4O/c17-10-13-16(18)20(21)14-8-4-7-12(15(14)19-13)9-11-5-2-1-3-6-11/h1-3,5-6,9,18,21H,4,7-8H2/b12-9+,18-16?. The highest BCUT2D eigenvalue weighted by molar-refractivity contribution is 5.81. The maximum atomic E-state index is 10.1. The van der Waals surface area contributed by atoms with E-state index < -0.39 is 0 Å². The van der Waals surface area contributed by atoms with Crippen molar-refractivity contribution in [2.75, 3.05) is 0 Å². The molecule has 0 fully saturated rings. The first-order chi connectivity index (χ1) is 10.2. The van der Waals surface area contributed by atoms with Crippen molar-refractivity contribution in [3.63, 3.8) is 0 Å². The molecule has 0 amide bonds. The first-order valence-electron chi connectivity index (χ1n) is 6.76. The van der Waals surface area contributed by atoms with Crippen LogP contribution in [0.4, 0.5) is 0 Å². The average molecular weight is 278 g/mol. The molecule has 0 bridgehead atoms. The molecule has 0 unspecified atom stereocenters. The summed E-state index contributed by atoms with van der Waals surface area (Å²) in [5.41, 5.74) is 2.96. The predicted octanol–water partition coefficient (Wildman–Crippen LogP) is 2.35. The van der Waals surface area contributed by atoms with Gasteiger partial charge in [0.2, 0.25) is 0 Å². The molecule has 1 aromatic heterocycles. The molecule has 5 nitrogen and oxygen atoms in total. The highest BCUT2D eigenvalue weighted by Gasteiger charge is 2.21. The van der Waals surface area contributed by atoms with Gasteiger partial charge in [0.1, 0.15) is 6.07 Å². The lowest BCUT2D eigenvalue weighted by atomic mass is 9.93. The number of hydrogen-bond donors (Lipinski definition) is 2. The second kappa shape index (κ2) is 5.25. The molecule has 3 rings (SSSR count). The van der Waals surface area contributed by atoms with Gasteiger partial charge in [-0.05, 0) is 36.5 Å². The maximum absolute atomic E-state index is 10.1. The van der Waals surface area contributed by atoms with Crippen molar-refractivity contribution < 1.29 is 5.21 Å². The molecule has 1 aromatic carbocycles. The van der Waals surface area contributed by atoms with Gasteiger partial charge in [0, 0.05) is 0 Å². The monoisotopic (exact) mass is 278 g/mol. The predicted molar refractivity (Wildman–Crippen MR) is 77.2 cm³/mol. The van der Waals surface area contributed by atoms with E-state index in [1.54, 1.807) is 0 Å². The average Bonchev–Trinajstić information content (AvgIpc) is 2.52. The first kappa shape index (κ1) is 13.1. The first-order valence-corrected chi connectivity index (χ1v) is 6.76. The van der Waals surface area contributed by atoms with Crippen LogP contribution in [0.5, 0.6) is 0 Å². The number of nitrogens with zero attached hydrogens (tertiary/aromatic N) is 3. The van der Waals surface area contributed by atoms with E-state index in [-0.39, 0.29) is 11.2 Å². The lowest BCUT2D eigenvalue weighted by Gasteiger charge is -2.20. The lowest BCUT2D eigenvalue weighted by Crippen LogP contribution is -2.29. The van der Waals surface area contributed by atoms with E-state index in [9.17, 15) is 5.21 Å². The van der Waals surface area contributed by atoms with Crippen LogP contribution in [-0.2, 0) is 6.42 Å². The van der Waals surface area contributed by atoms with Gasteiger partial charge in [-0.3, -0.25) is 5.41 Å². The molecule has 1 heterocycles. The van der Waals surface area contributed by atoms with E-state index in [1.807, 2.05) is 42.5 Å². The van der Waals surface area contributed by atoms with Gasteiger partial charge in [-0.15, -0.1) is 0 Å². The molecule has 2 aromatic rings. The highest BCUT2D eigenvalue weighted by atomic mass is 16.5. The van der Waals surface area contributed by atoms with Gasteiger partial charge < -0.3 is 5.21 Å². The Bertz CT molecular complexity index is 813. The minimum Gasteiger partial charge on any atom is -0.427 e. The van der Waals surface area contributed by atoms with Gasteiger partial charge in [-0.1, -0.05) is 30.3 Å². The molecular weight excluding hydrogens is 264 g/mol. The van der Waals surface area contributed by atoms with Crippen LogP contribution >= 0.6 is 0 Å². The van der Waals surface area contributed by atoms with E-state index >= 15 is 0 Å². The summed E-state index contributed by atoms with van der Waals surface area (Å²) in [5.74, 6) is 0. The Hall–Kier alpha value is -2.87. The zero-order chi connectivity index (χ0) is 14.8. The molecule has 5 heteroatoms. The summed E-state index contributed by atoms with van der Waals surface area (Å²) < 4.78 is 0.791. The number of nitriles is 1. The summed E-state index contributed by atoms with van der Waals surface area (Å²) in [4.78, 5) is 4.27. The topological polar surface area (TPSA) is 85.7 Å². The summed E-state index contributed by atoms with van der Waals surface area (Å²) >= 11 is 0. The fourth-order valence-electron chi connectivity index (χ4n) is 2.58. The second-order valence-corrected chi connectivity index (χ2v) is 4.96. The largest absolute Gasteiger partial charge is 0.427 e. The summed E-state index contributed by atoms with van der Waals surface area (Å²) in [6.45, 7) is 0. The number of nitrogens with one attached hydrogen (secondary N) is 1. The Labute approximate surface area is 121 Å². The van der Waals surface area contributed by atoms with Crippen molar-refractivity contribution in [1.82, 2.24) is 9.71 Å². The van der Waals surface area contributed by atoms with Crippen molar-refractivity contribution in [3.05, 3.63) is 58.5 Å². The zero-order valence-corrected chi connectivity index (χ0v) is 11.4. The Morgan fingerprint density at radius 1 is 1.29 bits per heavy atom. The molecule has 0 saturated heterocycles. The van der Waals surface area contributed by atoms with Crippen molar-refractivity contribution >= 4 is 11.6 Å². The molecule has 1 aliphatic rings. The SMILES string of the molecule is N#Cc1nc2c(n(O)c1=N)CCC/C2=C\c1ccccc1. The minimum absolute atomic E-state index is 0.0582. The van der Waals surface area contributed by atoms with Crippen molar-refractivity contribution in [2.24, 2.45) is 0 Å². The number of aromatic nitrogens is 2. The second-order valence-electron chi connectivity index (χ2n) is 4.96. The molecular formula is C16H14N4O. The van der Waals surface area contributed by atoms with E-state index in [2.05, 4.69) is 4.98 Å². The normalized spacial score (nSPS) is 15.5. The maximum Gasteiger partial charge on any atom is 0.197 e. The Morgan fingerprint density at radius 2 is 2.05 bits per heavy atom. The van der Waals surface area contributed by atoms with Crippen LogP contribution in [0, 0.1) is 16.7 Å². The van der Waals surface area contributed by atoms with Crippen molar-refractivity contribution in [2.45, 2.75) is 19.3 Å². The molecule has 104 valence electrons. The molecule has 0 spiro atoms. The Kier molecular flexibility index (Phi) is 3.28. The van der Waals surface area contributed by atoms with Crippen LogP contribution in [0.1, 0.15) is 35.5 Å². The minimum atomic E-state index is -0.253. The number of rotatable bonds is 1. The fourth-order valence-corrected chi connectivity index (χ4v) is 2.58. The van der Waals surface area contributed by atoms with Crippen LogP contribution in [0.25, 0.3) is 11.6 Å². The third-order valence-electron chi connectivity index (χ3n) is 3.60. The molecule has 0 saturated carbocycles. The van der Waals surface area contributed by atoms with E-state index in [0.29, 0.717) is 17.8 Å². The molecule has 0 atom stereocenters. The van der Waals surface area contributed by atoms with Gasteiger partial charge in [-0.2, -0.15) is 9.99 Å². The van der Waals surface area contributed by atoms with Crippen LogP contribution in [0.15, 0.2) is 30.3 Å². The van der Waals surface area contributed by atoms with Crippen LogP contribution in [0.3, 0.4) is 0 Å². The number of allylic oxidation sites excluding steroid dienone is 1. The summed E-state index contributed by atoms with van der Waals surface area (Å²) in [6, 6.07) is 11.7. The Morgan fingerprint density at radius 3 is 2.76 bits per heavy atom. The summed E-state index contributed by atoms with van der Waals surface area (Å²) in [7, 11) is 0. The third kappa shape index (κ3) is 2.32. The summed E-state index contributed by atoms with van der Waals surface area (Å²) in [6.07, 6.45) is 4.41. The van der Waals surface area contributed by atoms with E-state index in [1.165, 1.54) is 0 Å².